The molecule has 0 amide bonds. The molecule has 0 atom stereocenters. The Kier molecular flexibility index (Phi) is 6.27. The summed E-state index contributed by atoms with van der Waals surface area (Å²) in [4.78, 5) is 20.0. The Morgan fingerprint density at radius 1 is 1.41 bits per heavy atom. The summed E-state index contributed by atoms with van der Waals surface area (Å²) >= 11 is 0. The third kappa shape index (κ3) is 6.70. The number of rotatable bonds is 8. The van der Waals surface area contributed by atoms with Crippen LogP contribution in [0.15, 0.2) is 12.5 Å². The van der Waals surface area contributed by atoms with Crippen LogP contribution in [-0.2, 0) is 20.7 Å². The van der Waals surface area contributed by atoms with Crippen LogP contribution in [-0.4, -0.2) is 61.3 Å². The monoisotopic (exact) mass is 241 g/mol. The van der Waals surface area contributed by atoms with Gasteiger partial charge >= 0.3 is 5.97 Å². The molecule has 0 saturated heterocycles. The van der Waals surface area contributed by atoms with Gasteiger partial charge in [0.2, 0.25) is 0 Å². The largest absolute Gasteiger partial charge is 0.463 e. The molecule has 0 aliphatic carbocycles. The molecule has 0 saturated carbocycles. The van der Waals surface area contributed by atoms with Crippen molar-refractivity contribution in [1.82, 2.24) is 14.9 Å². The fraction of sp³-hybridized carbons (Fsp3) is 0.636. The summed E-state index contributed by atoms with van der Waals surface area (Å²) in [6.45, 7) is 2.23. The Bertz CT molecular complexity index is 312. The molecule has 96 valence electrons. The molecular weight excluding hydrogens is 222 g/mol. The number of carbonyl (C=O) groups excluding carboxylic acids is 1. The van der Waals surface area contributed by atoms with Gasteiger partial charge in [-0.05, 0) is 14.1 Å². The van der Waals surface area contributed by atoms with Crippen LogP contribution in [0.5, 0.6) is 0 Å². The molecule has 0 aliphatic rings. The van der Waals surface area contributed by atoms with E-state index in [9.17, 15) is 4.79 Å². The number of esters is 1. The maximum atomic E-state index is 11.3. The van der Waals surface area contributed by atoms with E-state index in [4.69, 9.17) is 9.47 Å². The lowest BCUT2D eigenvalue weighted by molar-refractivity contribution is -0.144. The van der Waals surface area contributed by atoms with Gasteiger partial charge < -0.3 is 19.4 Å². The summed E-state index contributed by atoms with van der Waals surface area (Å²) < 4.78 is 10.3. The Labute approximate surface area is 101 Å². The molecule has 0 aliphatic heterocycles. The highest BCUT2D eigenvalue weighted by atomic mass is 16.6. The smallest absolute Gasteiger partial charge is 0.311 e. The lowest BCUT2D eigenvalue weighted by atomic mass is 10.3. The number of carbonyl (C=O) groups is 1. The molecule has 1 heterocycles. The van der Waals surface area contributed by atoms with E-state index in [1.165, 1.54) is 6.33 Å². The van der Waals surface area contributed by atoms with E-state index in [2.05, 4.69) is 9.97 Å². The molecule has 6 heteroatoms. The molecule has 1 aromatic rings. The molecule has 6 nitrogen and oxygen atoms in total. The molecule has 0 bridgehead atoms. The Morgan fingerprint density at radius 3 is 2.88 bits per heavy atom. The fourth-order valence-corrected chi connectivity index (χ4v) is 1.15. The summed E-state index contributed by atoms with van der Waals surface area (Å²) in [5.74, 6) is -0.273. The van der Waals surface area contributed by atoms with Crippen molar-refractivity contribution in [3.05, 3.63) is 18.2 Å². The highest BCUT2D eigenvalue weighted by molar-refractivity contribution is 5.71. The van der Waals surface area contributed by atoms with Gasteiger partial charge in [0, 0.05) is 18.4 Å². The van der Waals surface area contributed by atoms with Gasteiger partial charge in [0.1, 0.15) is 6.61 Å². The zero-order chi connectivity index (χ0) is 12.5. The van der Waals surface area contributed by atoms with Crippen molar-refractivity contribution in [1.29, 1.82) is 0 Å². The van der Waals surface area contributed by atoms with Gasteiger partial charge in [0.25, 0.3) is 0 Å². The van der Waals surface area contributed by atoms with Crippen LogP contribution in [0.1, 0.15) is 5.69 Å². The van der Waals surface area contributed by atoms with Crippen molar-refractivity contribution < 1.29 is 14.3 Å². The van der Waals surface area contributed by atoms with Gasteiger partial charge in [-0.2, -0.15) is 0 Å². The first kappa shape index (κ1) is 13.7. The van der Waals surface area contributed by atoms with E-state index in [-0.39, 0.29) is 12.4 Å². The van der Waals surface area contributed by atoms with Crippen LogP contribution in [0.25, 0.3) is 0 Å². The Hall–Kier alpha value is -1.40. The van der Waals surface area contributed by atoms with E-state index >= 15 is 0 Å². The number of aromatic nitrogens is 2. The first-order chi connectivity index (χ1) is 8.18. The first-order valence-electron chi connectivity index (χ1n) is 5.54. The van der Waals surface area contributed by atoms with Gasteiger partial charge in [-0.25, -0.2) is 4.98 Å². The maximum absolute atomic E-state index is 11.3. The second kappa shape index (κ2) is 7.81. The van der Waals surface area contributed by atoms with Crippen LogP contribution in [0, 0.1) is 0 Å². The maximum Gasteiger partial charge on any atom is 0.311 e. The van der Waals surface area contributed by atoms with Gasteiger partial charge in [0.15, 0.2) is 0 Å². The number of hydrogen-bond acceptors (Lipinski definition) is 5. The zero-order valence-electron chi connectivity index (χ0n) is 10.3. The number of H-pyrrole nitrogens is 1. The molecular formula is C11H19N3O3. The van der Waals surface area contributed by atoms with Gasteiger partial charge in [-0.1, -0.05) is 0 Å². The van der Waals surface area contributed by atoms with E-state index in [1.807, 2.05) is 19.0 Å². The summed E-state index contributed by atoms with van der Waals surface area (Å²) in [6.07, 6.45) is 3.36. The van der Waals surface area contributed by atoms with Crippen LogP contribution in [0.3, 0.4) is 0 Å². The zero-order valence-corrected chi connectivity index (χ0v) is 10.3. The molecule has 0 radical (unpaired) electrons. The lowest BCUT2D eigenvalue weighted by Gasteiger charge is -2.09. The number of nitrogens with one attached hydrogen (secondary N) is 1. The van der Waals surface area contributed by atoms with E-state index in [0.717, 1.165) is 12.2 Å². The van der Waals surface area contributed by atoms with Crippen molar-refractivity contribution in [3.63, 3.8) is 0 Å². The number of hydrogen-bond donors (Lipinski definition) is 1. The lowest BCUT2D eigenvalue weighted by Crippen LogP contribution is -2.20. The summed E-state index contributed by atoms with van der Waals surface area (Å²) in [5, 5.41) is 0. The second-order valence-corrected chi connectivity index (χ2v) is 3.89. The van der Waals surface area contributed by atoms with Gasteiger partial charge in [-0.15, -0.1) is 0 Å². The van der Waals surface area contributed by atoms with Crippen LogP contribution in [0.2, 0.25) is 0 Å². The van der Waals surface area contributed by atoms with E-state index < -0.39 is 0 Å². The molecule has 1 aromatic heterocycles. The molecule has 0 aromatic carbocycles. The van der Waals surface area contributed by atoms with Gasteiger partial charge in [0.05, 0.1) is 26.0 Å². The average molecular weight is 241 g/mol. The number of ether oxygens (including phenoxy) is 2. The second-order valence-electron chi connectivity index (χ2n) is 3.89. The SMILES string of the molecule is CN(C)CCOCCOC(=O)Cc1cnc[nH]1. The predicted octanol–water partition coefficient (Wildman–Crippen LogP) is 0.0736. The first-order valence-corrected chi connectivity index (χ1v) is 5.54. The quantitative estimate of drug-likeness (QED) is 0.515. The summed E-state index contributed by atoms with van der Waals surface area (Å²) in [7, 11) is 3.96. The van der Waals surface area contributed by atoms with Crippen LogP contribution >= 0.6 is 0 Å². The Balaban J connectivity index is 1.97. The van der Waals surface area contributed by atoms with Crippen molar-refractivity contribution >= 4 is 5.97 Å². The third-order valence-corrected chi connectivity index (χ3v) is 2.06. The molecule has 1 rings (SSSR count). The number of aromatic amines is 1. The highest BCUT2D eigenvalue weighted by Gasteiger charge is 2.05. The molecule has 0 unspecified atom stereocenters. The molecule has 0 fully saturated rings. The van der Waals surface area contributed by atoms with Crippen molar-refractivity contribution in [2.45, 2.75) is 6.42 Å². The minimum atomic E-state index is -0.273. The topological polar surface area (TPSA) is 67.5 Å². The Morgan fingerprint density at radius 2 is 2.24 bits per heavy atom. The summed E-state index contributed by atoms with van der Waals surface area (Å²) in [5.41, 5.74) is 0.753. The van der Waals surface area contributed by atoms with Crippen molar-refractivity contribution in [3.8, 4) is 0 Å². The van der Waals surface area contributed by atoms with E-state index in [1.54, 1.807) is 6.20 Å². The highest BCUT2D eigenvalue weighted by Crippen LogP contribution is 1.94. The van der Waals surface area contributed by atoms with Crippen LogP contribution in [0.4, 0.5) is 0 Å². The molecule has 0 spiro atoms. The average Bonchev–Trinajstić information content (AvgIpc) is 2.75. The number of imidazole rings is 1. The number of nitrogens with zero attached hydrogens (tertiary/aromatic N) is 2. The van der Waals surface area contributed by atoms with Gasteiger partial charge in [-0.3, -0.25) is 4.79 Å². The summed E-state index contributed by atoms with van der Waals surface area (Å²) in [6, 6.07) is 0. The minimum Gasteiger partial charge on any atom is -0.463 e. The third-order valence-electron chi connectivity index (χ3n) is 2.06. The van der Waals surface area contributed by atoms with E-state index in [0.29, 0.717) is 19.8 Å². The minimum absolute atomic E-state index is 0.220. The molecule has 17 heavy (non-hydrogen) atoms. The van der Waals surface area contributed by atoms with Crippen molar-refractivity contribution in [2.24, 2.45) is 0 Å². The predicted molar refractivity (Wildman–Crippen MR) is 62.6 cm³/mol. The fourth-order valence-electron chi connectivity index (χ4n) is 1.15. The van der Waals surface area contributed by atoms with Crippen molar-refractivity contribution in [2.75, 3.05) is 40.5 Å². The van der Waals surface area contributed by atoms with Crippen LogP contribution < -0.4 is 0 Å². The molecule has 1 N–H and O–H groups in total. The normalized spacial score (nSPS) is 10.8. The number of likely N-dealkylation sites (N-methyl/N-ethyl adjacent to an activating group) is 1. The standard InChI is InChI=1S/C11H19N3O3/c1-14(2)3-4-16-5-6-17-11(15)7-10-8-12-9-13-10/h8-9H,3-7H2,1-2H3,(H,12,13).